The van der Waals surface area contributed by atoms with Gasteiger partial charge in [0.05, 0.1) is 0 Å². The van der Waals surface area contributed by atoms with Crippen LogP contribution in [0.4, 0.5) is 0 Å². The fourth-order valence-corrected chi connectivity index (χ4v) is 2.47. The van der Waals surface area contributed by atoms with E-state index in [0.717, 1.165) is 6.54 Å². The first-order chi connectivity index (χ1) is 8.34. The zero-order valence-corrected chi connectivity index (χ0v) is 13.4. The minimum atomic E-state index is 0. The van der Waals surface area contributed by atoms with E-state index in [1.54, 1.807) is 0 Å². The molecule has 0 aromatic heterocycles. The lowest BCUT2D eigenvalue weighted by Crippen LogP contribution is -2.36. The minimum Gasteiger partial charge on any atom is -0.302 e. The van der Waals surface area contributed by atoms with E-state index >= 15 is 0 Å². The van der Waals surface area contributed by atoms with Crippen LogP contribution in [0.3, 0.4) is 0 Å². The van der Waals surface area contributed by atoms with Gasteiger partial charge in [-0.15, -0.1) is 24.8 Å². The molecule has 4 heteroatoms. The summed E-state index contributed by atoms with van der Waals surface area (Å²) in [7, 11) is 2.22. The Morgan fingerprint density at radius 3 is 2.26 bits per heavy atom. The van der Waals surface area contributed by atoms with Crippen LogP contribution in [0.5, 0.6) is 0 Å². The van der Waals surface area contributed by atoms with Crippen molar-refractivity contribution in [2.75, 3.05) is 33.2 Å². The molecule has 1 fully saturated rings. The number of halogens is 2. The van der Waals surface area contributed by atoms with Crippen LogP contribution in [-0.2, 0) is 6.54 Å². The lowest BCUT2D eigenvalue weighted by atomic mass is 10.1. The van der Waals surface area contributed by atoms with Gasteiger partial charge in [-0.25, -0.2) is 0 Å². The molecule has 0 saturated carbocycles. The third-order valence-corrected chi connectivity index (χ3v) is 3.54. The number of nitrogens with zero attached hydrogens (tertiary/aromatic N) is 2. The maximum absolute atomic E-state index is 2.60. The summed E-state index contributed by atoms with van der Waals surface area (Å²) in [5, 5.41) is 0. The fraction of sp³-hybridized carbons (Fsp3) is 0.600. The number of rotatable bonds is 5. The second-order valence-corrected chi connectivity index (χ2v) is 5.13. The van der Waals surface area contributed by atoms with Crippen molar-refractivity contribution in [3.05, 3.63) is 35.9 Å². The van der Waals surface area contributed by atoms with Crippen molar-refractivity contribution in [2.24, 2.45) is 0 Å². The normalized spacial score (nSPS) is 15.7. The smallest absolute Gasteiger partial charge is 0.0231 e. The second-order valence-electron chi connectivity index (χ2n) is 5.13. The van der Waals surface area contributed by atoms with Crippen LogP contribution < -0.4 is 0 Å². The van der Waals surface area contributed by atoms with Gasteiger partial charge in [-0.2, -0.15) is 0 Å². The quantitative estimate of drug-likeness (QED) is 0.822. The van der Waals surface area contributed by atoms with Gasteiger partial charge in [0, 0.05) is 19.6 Å². The summed E-state index contributed by atoms with van der Waals surface area (Å²) in [6, 6.07) is 10.7. The molecule has 0 amide bonds. The highest BCUT2D eigenvalue weighted by atomic mass is 35.5. The molecule has 0 unspecified atom stereocenters. The molecule has 2 rings (SSSR count). The monoisotopic (exact) mass is 304 g/mol. The summed E-state index contributed by atoms with van der Waals surface area (Å²) in [4.78, 5) is 5.02. The van der Waals surface area contributed by atoms with Crippen molar-refractivity contribution in [1.82, 2.24) is 9.80 Å². The van der Waals surface area contributed by atoms with E-state index in [-0.39, 0.29) is 24.8 Å². The molecule has 1 heterocycles. The van der Waals surface area contributed by atoms with Crippen LogP contribution in [0.15, 0.2) is 30.3 Å². The van der Waals surface area contributed by atoms with Gasteiger partial charge >= 0.3 is 0 Å². The SMILES string of the molecule is CN(CCN1CCCCC1)Cc1ccccc1.Cl.Cl. The Balaban J connectivity index is 0.00000162. The van der Waals surface area contributed by atoms with Crippen LogP contribution in [0, 0.1) is 0 Å². The van der Waals surface area contributed by atoms with Crippen LogP contribution in [0.25, 0.3) is 0 Å². The first-order valence-electron chi connectivity index (χ1n) is 6.79. The number of likely N-dealkylation sites (N-methyl/N-ethyl adjacent to an activating group) is 1. The van der Waals surface area contributed by atoms with E-state index < -0.39 is 0 Å². The van der Waals surface area contributed by atoms with E-state index in [0.29, 0.717) is 0 Å². The van der Waals surface area contributed by atoms with Gasteiger partial charge in [-0.05, 0) is 38.5 Å². The molecule has 2 nitrogen and oxygen atoms in total. The third kappa shape index (κ3) is 7.17. The second kappa shape index (κ2) is 10.5. The third-order valence-electron chi connectivity index (χ3n) is 3.54. The van der Waals surface area contributed by atoms with Gasteiger partial charge in [0.1, 0.15) is 0 Å². The highest BCUT2D eigenvalue weighted by Crippen LogP contribution is 2.08. The first-order valence-corrected chi connectivity index (χ1v) is 6.79. The molecule has 19 heavy (non-hydrogen) atoms. The van der Waals surface area contributed by atoms with Crippen molar-refractivity contribution in [3.63, 3.8) is 0 Å². The van der Waals surface area contributed by atoms with E-state index in [4.69, 9.17) is 0 Å². The van der Waals surface area contributed by atoms with Crippen molar-refractivity contribution in [1.29, 1.82) is 0 Å². The molecule has 110 valence electrons. The van der Waals surface area contributed by atoms with Crippen molar-refractivity contribution in [3.8, 4) is 0 Å². The van der Waals surface area contributed by atoms with E-state index in [1.165, 1.54) is 51.0 Å². The van der Waals surface area contributed by atoms with Crippen molar-refractivity contribution >= 4 is 24.8 Å². The van der Waals surface area contributed by atoms with Crippen LogP contribution >= 0.6 is 24.8 Å². The van der Waals surface area contributed by atoms with Gasteiger partial charge in [-0.1, -0.05) is 36.8 Å². The lowest BCUT2D eigenvalue weighted by Gasteiger charge is -2.28. The summed E-state index contributed by atoms with van der Waals surface area (Å²) in [5.41, 5.74) is 1.41. The minimum absolute atomic E-state index is 0. The molecule has 0 N–H and O–H groups in total. The standard InChI is InChI=1S/C15H24N2.2ClH/c1-16(14-15-8-4-2-5-9-15)12-13-17-10-6-3-7-11-17;;/h2,4-5,8-9H,3,6-7,10-14H2,1H3;2*1H. The zero-order chi connectivity index (χ0) is 11.9. The molecular weight excluding hydrogens is 279 g/mol. The maximum atomic E-state index is 2.60. The molecular formula is C15H26Cl2N2. The number of hydrogen-bond donors (Lipinski definition) is 0. The van der Waals surface area contributed by atoms with Gasteiger partial charge in [0.2, 0.25) is 0 Å². The molecule has 0 aliphatic carbocycles. The van der Waals surface area contributed by atoms with Gasteiger partial charge in [0.25, 0.3) is 0 Å². The van der Waals surface area contributed by atoms with E-state index in [1.807, 2.05) is 0 Å². The van der Waals surface area contributed by atoms with Crippen molar-refractivity contribution < 1.29 is 0 Å². The fourth-order valence-electron chi connectivity index (χ4n) is 2.47. The Morgan fingerprint density at radius 1 is 1.00 bits per heavy atom. The Labute approximate surface area is 130 Å². The molecule has 1 aromatic rings. The average molecular weight is 305 g/mol. The average Bonchev–Trinajstić information content (AvgIpc) is 2.39. The van der Waals surface area contributed by atoms with Crippen LogP contribution in [-0.4, -0.2) is 43.0 Å². The summed E-state index contributed by atoms with van der Waals surface area (Å²) >= 11 is 0. The summed E-state index contributed by atoms with van der Waals surface area (Å²) in [6.45, 7) is 6.07. The Bertz CT molecular complexity index is 313. The van der Waals surface area contributed by atoms with E-state index in [2.05, 4.69) is 47.2 Å². The predicted molar refractivity (Wildman–Crippen MR) is 87.6 cm³/mol. The molecule has 0 spiro atoms. The Kier molecular flexibility index (Phi) is 10.3. The lowest BCUT2D eigenvalue weighted by molar-refractivity contribution is 0.194. The van der Waals surface area contributed by atoms with Crippen LogP contribution in [0.2, 0.25) is 0 Å². The maximum Gasteiger partial charge on any atom is 0.0231 e. The Morgan fingerprint density at radius 2 is 1.63 bits per heavy atom. The van der Waals surface area contributed by atoms with E-state index in [9.17, 15) is 0 Å². The topological polar surface area (TPSA) is 6.48 Å². The van der Waals surface area contributed by atoms with Gasteiger partial charge < -0.3 is 9.80 Å². The molecule has 1 aliphatic rings. The summed E-state index contributed by atoms with van der Waals surface area (Å²) in [6.07, 6.45) is 4.21. The number of likely N-dealkylation sites (tertiary alicyclic amines) is 1. The van der Waals surface area contributed by atoms with Gasteiger partial charge in [0.15, 0.2) is 0 Å². The summed E-state index contributed by atoms with van der Waals surface area (Å²) < 4.78 is 0. The number of benzene rings is 1. The summed E-state index contributed by atoms with van der Waals surface area (Å²) in [5.74, 6) is 0. The molecule has 1 aromatic carbocycles. The predicted octanol–water partition coefficient (Wildman–Crippen LogP) is 3.45. The molecule has 0 bridgehead atoms. The molecule has 0 atom stereocenters. The largest absolute Gasteiger partial charge is 0.302 e. The van der Waals surface area contributed by atoms with Crippen molar-refractivity contribution in [2.45, 2.75) is 25.8 Å². The molecule has 1 aliphatic heterocycles. The Hall–Kier alpha value is -0.280. The number of hydrogen-bond acceptors (Lipinski definition) is 2. The zero-order valence-electron chi connectivity index (χ0n) is 11.8. The number of piperidine rings is 1. The molecule has 0 radical (unpaired) electrons. The van der Waals surface area contributed by atoms with Gasteiger partial charge in [-0.3, -0.25) is 0 Å². The first kappa shape index (κ1) is 18.7. The van der Waals surface area contributed by atoms with Crippen LogP contribution in [0.1, 0.15) is 24.8 Å². The highest BCUT2D eigenvalue weighted by Gasteiger charge is 2.10. The highest BCUT2D eigenvalue weighted by molar-refractivity contribution is 5.85. The molecule has 1 saturated heterocycles.